The van der Waals surface area contributed by atoms with Crippen molar-refractivity contribution >= 4 is 17.5 Å². The Hall–Kier alpha value is -3.41. The van der Waals surface area contributed by atoms with E-state index in [9.17, 15) is 4.79 Å². The van der Waals surface area contributed by atoms with Crippen molar-refractivity contribution in [1.82, 2.24) is 14.9 Å². The van der Waals surface area contributed by atoms with Crippen molar-refractivity contribution in [3.63, 3.8) is 0 Å². The number of anilines is 2. The van der Waals surface area contributed by atoms with Gasteiger partial charge in [0, 0.05) is 30.5 Å². The molecule has 0 saturated heterocycles. The Morgan fingerprint density at radius 1 is 1.07 bits per heavy atom. The van der Waals surface area contributed by atoms with Crippen LogP contribution in [-0.2, 0) is 6.54 Å². The molecule has 0 atom stereocenters. The summed E-state index contributed by atoms with van der Waals surface area (Å²) in [5.74, 6) is 0.992. The minimum Gasteiger partial charge on any atom is -0.497 e. The first-order chi connectivity index (χ1) is 13.6. The van der Waals surface area contributed by atoms with Crippen LogP contribution in [0.25, 0.3) is 0 Å². The fourth-order valence-electron chi connectivity index (χ4n) is 2.86. The summed E-state index contributed by atoms with van der Waals surface area (Å²) in [6.07, 6.45) is 0. The molecule has 0 aliphatic carbocycles. The summed E-state index contributed by atoms with van der Waals surface area (Å²) < 4.78 is 5.24. The predicted octanol–water partition coefficient (Wildman–Crippen LogP) is 4.20. The van der Waals surface area contributed by atoms with Crippen LogP contribution < -0.4 is 10.1 Å². The highest BCUT2D eigenvalue weighted by Gasteiger charge is 2.18. The van der Waals surface area contributed by atoms with Gasteiger partial charge in [-0.2, -0.15) is 0 Å². The summed E-state index contributed by atoms with van der Waals surface area (Å²) in [5, 5.41) is 3.15. The molecular weight excluding hydrogens is 352 g/mol. The monoisotopic (exact) mass is 376 g/mol. The van der Waals surface area contributed by atoms with Gasteiger partial charge in [0.15, 0.2) is 0 Å². The maximum absolute atomic E-state index is 13.0. The predicted molar refractivity (Wildman–Crippen MR) is 110 cm³/mol. The molecule has 0 bridgehead atoms. The van der Waals surface area contributed by atoms with Crippen molar-refractivity contribution in [1.29, 1.82) is 0 Å². The quantitative estimate of drug-likeness (QED) is 0.669. The average Bonchev–Trinajstić information content (AvgIpc) is 2.72. The van der Waals surface area contributed by atoms with E-state index >= 15 is 0 Å². The lowest BCUT2D eigenvalue weighted by Gasteiger charge is -2.21. The van der Waals surface area contributed by atoms with E-state index < -0.39 is 0 Å². The molecule has 144 valence electrons. The lowest BCUT2D eigenvalue weighted by atomic mass is 10.2. The van der Waals surface area contributed by atoms with Gasteiger partial charge in [0.25, 0.3) is 5.91 Å². The van der Waals surface area contributed by atoms with Crippen LogP contribution in [0, 0.1) is 6.92 Å². The number of methoxy groups -OCH3 is 1. The zero-order valence-corrected chi connectivity index (χ0v) is 16.3. The van der Waals surface area contributed by atoms with Crippen LogP contribution in [0.5, 0.6) is 5.75 Å². The molecule has 28 heavy (non-hydrogen) atoms. The van der Waals surface area contributed by atoms with Crippen molar-refractivity contribution in [2.24, 2.45) is 0 Å². The van der Waals surface area contributed by atoms with Crippen LogP contribution in [0.15, 0.2) is 60.7 Å². The second-order valence-corrected chi connectivity index (χ2v) is 6.38. The number of nitrogens with zero attached hydrogens (tertiary/aromatic N) is 3. The first-order valence-electron chi connectivity index (χ1n) is 9.19. The van der Waals surface area contributed by atoms with Crippen LogP contribution >= 0.6 is 0 Å². The lowest BCUT2D eigenvalue weighted by molar-refractivity contribution is 0.0746. The molecular formula is C22H24N4O2. The fraction of sp³-hybridized carbons (Fsp3) is 0.227. The van der Waals surface area contributed by atoms with Crippen LogP contribution in [0.4, 0.5) is 11.6 Å². The third-order valence-electron chi connectivity index (χ3n) is 4.28. The lowest BCUT2D eigenvalue weighted by Crippen LogP contribution is -2.31. The number of hydrogen-bond acceptors (Lipinski definition) is 5. The standard InChI is InChI=1S/C22H24N4O2/c1-4-26(15-17-9-6-5-7-10-17)21(27)20-13-16(2)23-22(25-20)24-18-11-8-12-19(14-18)28-3/h5-14H,4,15H2,1-3H3,(H,23,24,25). The zero-order valence-electron chi connectivity index (χ0n) is 16.3. The Morgan fingerprint density at radius 2 is 1.86 bits per heavy atom. The minimum absolute atomic E-state index is 0.120. The number of benzene rings is 2. The normalized spacial score (nSPS) is 10.4. The molecule has 0 aliphatic rings. The SMILES string of the molecule is CCN(Cc1ccccc1)C(=O)c1cc(C)nc(Nc2cccc(OC)c2)n1. The average molecular weight is 376 g/mol. The van der Waals surface area contributed by atoms with Gasteiger partial charge in [-0.3, -0.25) is 4.79 Å². The van der Waals surface area contributed by atoms with Crippen LogP contribution in [0.2, 0.25) is 0 Å². The number of aromatic nitrogens is 2. The largest absolute Gasteiger partial charge is 0.497 e. The molecule has 2 aromatic carbocycles. The Labute approximate surface area is 165 Å². The van der Waals surface area contributed by atoms with E-state index in [0.717, 1.165) is 22.7 Å². The van der Waals surface area contributed by atoms with Crippen molar-refractivity contribution in [2.45, 2.75) is 20.4 Å². The number of rotatable bonds is 7. The summed E-state index contributed by atoms with van der Waals surface area (Å²) >= 11 is 0. The van der Waals surface area contributed by atoms with E-state index in [0.29, 0.717) is 24.7 Å². The van der Waals surface area contributed by atoms with Crippen LogP contribution in [0.1, 0.15) is 28.7 Å². The molecule has 1 N–H and O–H groups in total. The topological polar surface area (TPSA) is 67.4 Å². The maximum atomic E-state index is 13.0. The zero-order chi connectivity index (χ0) is 19.9. The third kappa shape index (κ3) is 4.85. The van der Waals surface area contributed by atoms with Crippen molar-refractivity contribution in [2.75, 3.05) is 19.0 Å². The van der Waals surface area contributed by atoms with Gasteiger partial charge >= 0.3 is 0 Å². The van der Waals surface area contributed by atoms with Gasteiger partial charge in [-0.1, -0.05) is 36.4 Å². The number of carbonyl (C=O) groups excluding carboxylic acids is 1. The number of amides is 1. The van der Waals surface area contributed by atoms with Crippen LogP contribution in [0.3, 0.4) is 0 Å². The molecule has 3 rings (SSSR count). The highest BCUT2D eigenvalue weighted by atomic mass is 16.5. The Kier molecular flexibility index (Phi) is 6.22. The molecule has 0 radical (unpaired) electrons. The van der Waals surface area contributed by atoms with Crippen molar-refractivity contribution < 1.29 is 9.53 Å². The van der Waals surface area contributed by atoms with Gasteiger partial charge in [0.2, 0.25) is 5.95 Å². The minimum atomic E-state index is -0.120. The number of nitrogens with one attached hydrogen (secondary N) is 1. The summed E-state index contributed by atoms with van der Waals surface area (Å²) in [7, 11) is 1.62. The Balaban J connectivity index is 1.82. The van der Waals surface area contributed by atoms with Crippen molar-refractivity contribution in [3.05, 3.63) is 77.6 Å². The molecule has 0 saturated carbocycles. The Bertz CT molecular complexity index is 944. The van der Waals surface area contributed by atoms with Crippen LogP contribution in [-0.4, -0.2) is 34.4 Å². The molecule has 3 aromatic rings. The van der Waals surface area contributed by atoms with Gasteiger partial charge in [-0.15, -0.1) is 0 Å². The highest BCUT2D eigenvalue weighted by molar-refractivity contribution is 5.92. The van der Waals surface area contributed by atoms with Gasteiger partial charge in [0.05, 0.1) is 7.11 Å². The molecule has 0 spiro atoms. The molecule has 1 amide bonds. The van der Waals surface area contributed by atoms with E-state index in [1.807, 2.05) is 68.4 Å². The van der Waals surface area contributed by atoms with E-state index in [2.05, 4.69) is 15.3 Å². The van der Waals surface area contributed by atoms with Crippen molar-refractivity contribution in [3.8, 4) is 5.75 Å². The first kappa shape index (κ1) is 19.4. The second kappa shape index (κ2) is 8.99. The van der Waals surface area contributed by atoms with Gasteiger partial charge in [-0.05, 0) is 37.6 Å². The molecule has 0 unspecified atom stereocenters. The first-order valence-corrected chi connectivity index (χ1v) is 9.19. The fourth-order valence-corrected chi connectivity index (χ4v) is 2.86. The molecule has 1 heterocycles. The van der Waals surface area contributed by atoms with E-state index in [1.54, 1.807) is 18.1 Å². The number of carbonyl (C=O) groups is 1. The molecule has 0 aliphatic heterocycles. The summed E-state index contributed by atoms with van der Waals surface area (Å²) in [4.78, 5) is 23.6. The van der Waals surface area contributed by atoms with Gasteiger partial charge in [0.1, 0.15) is 11.4 Å². The summed E-state index contributed by atoms with van der Waals surface area (Å²) in [5.41, 5.74) is 2.97. The maximum Gasteiger partial charge on any atom is 0.272 e. The van der Waals surface area contributed by atoms with E-state index in [-0.39, 0.29) is 5.91 Å². The van der Waals surface area contributed by atoms with Gasteiger partial charge < -0.3 is 15.0 Å². The summed E-state index contributed by atoms with van der Waals surface area (Å²) in [6.45, 7) is 4.94. The van der Waals surface area contributed by atoms with E-state index in [4.69, 9.17) is 4.74 Å². The van der Waals surface area contributed by atoms with E-state index in [1.165, 1.54) is 0 Å². The Morgan fingerprint density at radius 3 is 2.57 bits per heavy atom. The molecule has 6 heteroatoms. The highest BCUT2D eigenvalue weighted by Crippen LogP contribution is 2.20. The number of hydrogen-bond donors (Lipinski definition) is 1. The second-order valence-electron chi connectivity index (χ2n) is 6.38. The third-order valence-corrected chi connectivity index (χ3v) is 4.28. The summed E-state index contributed by atoms with van der Waals surface area (Å²) in [6, 6.07) is 19.1. The smallest absolute Gasteiger partial charge is 0.272 e. The van der Waals surface area contributed by atoms with Gasteiger partial charge in [-0.25, -0.2) is 9.97 Å². The number of aryl methyl sites for hydroxylation is 1. The number of ether oxygens (including phenoxy) is 1. The molecule has 6 nitrogen and oxygen atoms in total. The molecule has 0 fully saturated rings. The molecule has 1 aromatic heterocycles.